The van der Waals surface area contributed by atoms with E-state index in [4.69, 9.17) is 4.74 Å². The fraction of sp³-hybridized carbons (Fsp3) is 0.929. The monoisotopic (exact) mass is 288 g/mol. The number of nitrogens with one attached hydrogen (secondary N) is 1. The van der Waals surface area contributed by atoms with Gasteiger partial charge in [0.1, 0.15) is 5.60 Å². The Balaban J connectivity index is 2.42. The number of piperidine rings is 1. The smallest absolute Gasteiger partial charge is 0.410 e. The van der Waals surface area contributed by atoms with E-state index in [0.29, 0.717) is 13.1 Å². The molecule has 0 aromatic carbocycles. The summed E-state index contributed by atoms with van der Waals surface area (Å²) < 4.78 is 5.34. The molecule has 0 unspecified atom stereocenters. The van der Waals surface area contributed by atoms with E-state index in [9.17, 15) is 15.0 Å². The molecule has 0 aromatic heterocycles. The van der Waals surface area contributed by atoms with E-state index >= 15 is 0 Å². The summed E-state index contributed by atoms with van der Waals surface area (Å²) in [5.41, 5.74) is -1.14. The Morgan fingerprint density at radius 3 is 2.10 bits per heavy atom. The summed E-state index contributed by atoms with van der Waals surface area (Å²) in [5.74, 6) is 0. The van der Waals surface area contributed by atoms with Crippen LogP contribution < -0.4 is 5.32 Å². The number of amides is 1. The van der Waals surface area contributed by atoms with Crippen LogP contribution in [0.1, 0.15) is 40.5 Å². The summed E-state index contributed by atoms with van der Waals surface area (Å²) in [6.07, 6.45) is 1.30. The van der Waals surface area contributed by atoms with E-state index in [2.05, 4.69) is 5.32 Å². The molecular weight excluding hydrogens is 260 g/mol. The molecule has 20 heavy (non-hydrogen) atoms. The maximum absolute atomic E-state index is 11.9. The highest BCUT2D eigenvalue weighted by molar-refractivity contribution is 5.68. The number of aliphatic hydroxyl groups excluding tert-OH is 2. The fourth-order valence-corrected chi connectivity index (χ4v) is 2.17. The molecule has 3 N–H and O–H groups in total. The molecule has 1 rings (SSSR count). The summed E-state index contributed by atoms with van der Waals surface area (Å²) in [7, 11) is 0. The molecule has 0 saturated carbocycles. The number of hydrogen-bond donors (Lipinski definition) is 3. The molecule has 6 nitrogen and oxygen atoms in total. The Morgan fingerprint density at radius 2 is 1.70 bits per heavy atom. The molecule has 0 aromatic rings. The first-order valence-corrected chi connectivity index (χ1v) is 7.16. The van der Waals surface area contributed by atoms with Gasteiger partial charge in [-0.2, -0.15) is 0 Å². The van der Waals surface area contributed by atoms with Crippen LogP contribution in [0.5, 0.6) is 0 Å². The standard InChI is InChI=1S/C14H28N2O4/c1-13(2,3)20-12(19)16-7-5-11(6-8-16)15-14(4,9-17)10-18/h11,15,17-18H,5-10H2,1-4H3. The highest BCUT2D eigenvalue weighted by Gasteiger charge is 2.31. The minimum atomic E-state index is -0.668. The van der Waals surface area contributed by atoms with Crippen molar-refractivity contribution in [3.8, 4) is 0 Å². The maximum atomic E-state index is 11.9. The van der Waals surface area contributed by atoms with Crippen molar-refractivity contribution < 1.29 is 19.7 Å². The van der Waals surface area contributed by atoms with Gasteiger partial charge in [0.25, 0.3) is 0 Å². The van der Waals surface area contributed by atoms with Gasteiger partial charge >= 0.3 is 6.09 Å². The van der Waals surface area contributed by atoms with Crippen LogP contribution in [0.15, 0.2) is 0 Å². The lowest BCUT2D eigenvalue weighted by atomic mass is 9.98. The number of aliphatic hydroxyl groups is 2. The Morgan fingerprint density at radius 1 is 1.20 bits per heavy atom. The molecule has 6 heteroatoms. The second-order valence-corrected chi connectivity index (χ2v) is 6.76. The van der Waals surface area contributed by atoms with Crippen molar-refractivity contribution in [1.29, 1.82) is 0 Å². The number of likely N-dealkylation sites (tertiary alicyclic amines) is 1. The zero-order chi connectivity index (χ0) is 15.4. The van der Waals surface area contributed by atoms with Crippen molar-refractivity contribution in [1.82, 2.24) is 10.2 Å². The van der Waals surface area contributed by atoms with Crippen LogP contribution in [0.25, 0.3) is 0 Å². The van der Waals surface area contributed by atoms with Crippen molar-refractivity contribution in [3.63, 3.8) is 0 Å². The quantitative estimate of drug-likeness (QED) is 0.710. The maximum Gasteiger partial charge on any atom is 0.410 e. The second-order valence-electron chi connectivity index (χ2n) is 6.76. The summed E-state index contributed by atoms with van der Waals surface area (Å²) >= 11 is 0. The molecule has 0 radical (unpaired) electrons. The molecular formula is C14H28N2O4. The van der Waals surface area contributed by atoms with E-state index in [1.807, 2.05) is 20.8 Å². The van der Waals surface area contributed by atoms with Gasteiger partial charge in [0.05, 0.1) is 18.8 Å². The van der Waals surface area contributed by atoms with Crippen molar-refractivity contribution in [2.75, 3.05) is 26.3 Å². The van der Waals surface area contributed by atoms with E-state index in [-0.39, 0.29) is 25.3 Å². The normalized spacial score (nSPS) is 18.2. The van der Waals surface area contributed by atoms with Crippen LogP contribution in [0, 0.1) is 0 Å². The Bertz CT molecular complexity index is 316. The van der Waals surface area contributed by atoms with Crippen LogP contribution in [-0.4, -0.2) is 64.7 Å². The molecule has 1 saturated heterocycles. The van der Waals surface area contributed by atoms with E-state index in [1.165, 1.54) is 0 Å². The zero-order valence-electron chi connectivity index (χ0n) is 13.0. The summed E-state index contributed by atoms with van der Waals surface area (Å²) in [5, 5.41) is 21.8. The van der Waals surface area contributed by atoms with Gasteiger partial charge in [0.15, 0.2) is 0 Å². The number of carbonyl (C=O) groups excluding carboxylic acids is 1. The van der Waals surface area contributed by atoms with Crippen molar-refractivity contribution >= 4 is 6.09 Å². The van der Waals surface area contributed by atoms with Crippen LogP contribution in [0.2, 0.25) is 0 Å². The first-order chi connectivity index (χ1) is 9.19. The molecule has 0 atom stereocenters. The fourth-order valence-electron chi connectivity index (χ4n) is 2.17. The number of nitrogens with zero attached hydrogens (tertiary/aromatic N) is 1. The lowest BCUT2D eigenvalue weighted by molar-refractivity contribution is 0.0171. The van der Waals surface area contributed by atoms with Crippen LogP contribution in [0.3, 0.4) is 0 Å². The second kappa shape index (κ2) is 6.74. The third kappa shape index (κ3) is 5.26. The number of ether oxygens (including phenoxy) is 1. The van der Waals surface area contributed by atoms with E-state index in [0.717, 1.165) is 12.8 Å². The van der Waals surface area contributed by atoms with E-state index in [1.54, 1.807) is 11.8 Å². The Hall–Kier alpha value is -0.850. The Kier molecular flexibility index (Phi) is 5.79. The van der Waals surface area contributed by atoms with Gasteiger partial charge in [-0.1, -0.05) is 0 Å². The minimum Gasteiger partial charge on any atom is -0.444 e. The summed E-state index contributed by atoms with van der Waals surface area (Å²) in [4.78, 5) is 13.6. The van der Waals surface area contributed by atoms with Crippen molar-refractivity contribution in [2.45, 2.75) is 57.7 Å². The molecule has 1 aliphatic rings. The summed E-state index contributed by atoms with van der Waals surface area (Å²) in [6.45, 7) is 8.37. The predicted molar refractivity (Wildman–Crippen MR) is 76.5 cm³/mol. The molecule has 0 bridgehead atoms. The Labute approximate surface area is 121 Å². The third-order valence-corrected chi connectivity index (χ3v) is 3.40. The van der Waals surface area contributed by atoms with Crippen molar-refractivity contribution in [2.24, 2.45) is 0 Å². The highest BCUT2D eigenvalue weighted by Crippen LogP contribution is 2.17. The van der Waals surface area contributed by atoms with Crippen LogP contribution in [0.4, 0.5) is 4.79 Å². The van der Waals surface area contributed by atoms with Gasteiger partial charge in [-0.05, 0) is 40.5 Å². The van der Waals surface area contributed by atoms with Crippen molar-refractivity contribution in [3.05, 3.63) is 0 Å². The largest absolute Gasteiger partial charge is 0.444 e. The van der Waals surface area contributed by atoms with Crippen LogP contribution >= 0.6 is 0 Å². The molecule has 0 spiro atoms. The zero-order valence-corrected chi connectivity index (χ0v) is 13.0. The number of carbonyl (C=O) groups is 1. The summed E-state index contributed by atoms with van der Waals surface area (Å²) in [6, 6.07) is 0.193. The number of hydrogen-bond acceptors (Lipinski definition) is 5. The molecule has 1 fully saturated rings. The minimum absolute atomic E-state index is 0.115. The third-order valence-electron chi connectivity index (χ3n) is 3.40. The van der Waals surface area contributed by atoms with Gasteiger partial charge < -0.3 is 25.2 Å². The van der Waals surface area contributed by atoms with E-state index < -0.39 is 11.1 Å². The first-order valence-electron chi connectivity index (χ1n) is 7.16. The average molecular weight is 288 g/mol. The molecule has 118 valence electrons. The molecule has 1 heterocycles. The molecule has 1 aliphatic heterocycles. The predicted octanol–water partition coefficient (Wildman–Crippen LogP) is 0.719. The van der Waals surface area contributed by atoms with Gasteiger partial charge in [0.2, 0.25) is 0 Å². The molecule has 1 amide bonds. The van der Waals surface area contributed by atoms with Gasteiger partial charge in [-0.25, -0.2) is 4.79 Å². The SMILES string of the molecule is CC(CO)(CO)NC1CCN(C(=O)OC(C)(C)C)CC1. The average Bonchev–Trinajstić information content (AvgIpc) is 2.37. The lowest BCUT2D eigenvalue weighted by Gasteiger charge is -2.38. The molecule has 0 aliphatic carbocycles. The van der Waals surface area contributed by atoms with Crippen LogP contribution in [-0.2, 0) is 4.74 Å². The van der Waals surface area contributed by atoms with Gasteiger partial charge in [0, 0.05) is 19.1 Å². The first kappa shape index (κ1) is 17.2. The van der Waals surface area contributed by atoms with Gasteiger partial charge in [-0.15, -0.1) is 0 Å². The number of rotatable bonds is 4. The van der Waals surface area contributed by atoms with Gasteiger partial charge in [-0.3, -0.25) is 0 Å². The highest BCUT2D eigenvalue weighted by atomic mass is 16.6. The lowest BCUT2D eigenvalue weighted by Crippen LogP contribution is -2.56. The topological polar surface area (TPSA) is 82.0 Å².